The van der Waals surface area contributed by atoms with Gasteiger partial charge in [-0.1, -0.05) is 67.1 Å². The van der Waals surface area contributed by atoms with Gasteiger partial charge in [-0.3, -0.25) is 13.9 Å². The van der Waals surface area contributed by atoms with Gasteiger partial charge in [-0.15, -0.1) is 0 Å². The number of sulfonamides is 1. The second kappa shape index (κ2) is 14.0. The van der Waals surface area contributed by atoms with Crippen LogP contribution in [0.2, 0.25) is 0 Å². The van der Waals surface area contributed by atoms with Crippen molar-refractivity contribution >= 4 is 27.5 Å². The third-order valence-corrected chi connectivity index (χ3v) is 7.90. The summed E-state index contributed by atoms with van der Waals surface area (Å²) in [5, 5.41) is 3.03. The molecular formula is C31H39N3O5S. The summed E-state index contributed by atoms with van der Waals surface area (Å²) in [6.45, 7) is 5.43. The summed E-state index contributed by atoms with van der Waals surface area (Å²) >= 11 is 0. The molecule has 0 fully saturated rings. The highest BCUT2D eigenvalue weighted by molar-refractivity contribution is 7.92. The van der Waals surface area contributed by atoms with Gasteiger partial charge in [0.15, 0.2) is 0 Å². The van der Waals surface area contributed by atoms with E-state index >= 15 is 0 Å². The minimum atomic E-state index is -3.81. The van der Waals surface area contributed by atoms with Crippen molar-refractivity contribution in [1.29, 1.82) is 0 Å². The van der Waals surface area contributed by atoms with Crippen LogP contribution in [0.1, 0.15) is 37.0 Å². The van der Waals surface area contributed by atoms with Crippen LogP contribution in [0.4, 0.5) is 5.69 Å². The Morgan fingerprint density at radius 1 is 0.950 bits per heavy atom. The maximum absolute atomic E-state index is 14.1. The minimum absolute atomic E-state index is 0.0902. The van der Waals surface area contributed by atoms with Gasteiger partial charge >= 0.3 is 0 Å². The third-order valence-electron chi connectivity index (χ3n) is 6.76. The van der Waals surface area contributed by atoms with E-state index in [0.29, 0.717) is 11.4 Å². The van der Waals surface area contributed by atoms with Crippen molar-refractivity contribution in [2.75, 3.05) is 24.2 Å². The Morgan fingerprint density at radius 2 is 1.60 bits per heavy atom. The van der Waals surface area contributed by atoms with Crippen LogP contribution in [0.3, 0.4) is 0 Å². The molecule has 8 nitrogen and oxygen atoms in total. The molecule has 1 N–H and O–H groups in total. The first kappa shape index (κ1) is 30.7. The number of hydrogen-bond donors (Lipinski definition) is 1. The number of rotatable bonds is 13. The average molecular weight is 566 g/mol. The summed E-state index contributed by atoms with van der Waals surface area (Å²) < 4.78 is 32.2. The number of nitrogens with zero attached hydrogens (tertiary/aromatic N) is 2. The number of methoxy groups -OCH3 is 1. The van der Waals surface area contributed by atoms with E-state index in [0.717, 1.165) is 33.7 Å². The fourth-order valence-electron chi connectivity index (χ4n) is 4.29. The monoisotopic (exact) mass is 565 g/mol. The van der Waals surface area contributed by atoms with Crippen LogP contribution >= 0.6 is 0 Å². The average Bonchev–Trinajstić information content (AvgIpc) is 2.94. The maximum Gasteiger partial charge on any atom is 0.244 e. The van der Waals surface area contributed by atoms with Gasteiger partial charge in [-0.25, -0.2) is 8.42 Å². The molecule has 2 amide bonds. The number of carbonyl (C=O) groups excluding carboxylic acids is 2. The molecule has 3 aromatic rings. The van der Waals surface area contributed by atoms with E-state index in [-0.39, 0.29) is 24.9 Å². The van der Waals surface area contributed by atoms with Gasteiger partial charge in [0, 0.05) is 19.0 Å². The molecule has 2 atom stereocenters. The number of aryl methyl sites for hydroxylation is 1. The zero-order valence-electron chi connectivity index (χ0n) is 23.8. The Hall–Kier alpha value is -3.85. The molecule has 0 aliphatic heterocycles. The fraction of sp³-hybridized carbons (Fsp3) is 0.355. The standard InChI is InChI=1S/C31H39N3O5S/c1-6-24(3)32-31(36)29(20-25-11-8-7-9-12-25)33(21-26-13-10-14-28(19-26)39-4)30(35)22-34(40(5,37)38)27-17-15-23(2)16-18-27/h7-19,24,29H,6,20-22H2,1-5H3,(H,32,36). The second-order valence-corrected chi connectivity index (χ2v) is 11.9. The highest BCUT2D eigenvalue weighted by Crippen LogP contribution is 2.22. The van der Waals surface area contributed by atoms with Crippen LogP contribution in [0, 0.1) is 6.92 Å². The molecular weight excluding hydrogens is 526 g/mol. The van der Waals surface area contributed by atoms with E-state index in [9.17, 15) is 18.0 Å². The molecule has 214 valence electrons. The smallest absolute Gasteiger partial charge is 0.244 e. The van der Waals surface area contributed by atoms with Gasteiger partial charge in [-0.05, 0) is 55.7 Å². The predicted molar refractivity (Wildman–Crippen MR) is 159 cm³/mol. The van der Waals surface area contributed by atoms with Crippen molar-refractivity contribution in [2.45, 2.75) is 52.2 Å². The lowest BCUT2D eigenvalue weighted by molar-refractivity contribution is -0.140. The summed E-state index contributed by atoms with van der Waals surface area (Å²) in [7, 11) is -2.24. The molecule has 0 bridgehead atoms. The second-order valence-electron chi connectivity index (χ2n) is 10.0. The lowest BCUT2D eigenvalue weighted by Crippen LogP contribution is -2.54. The molecule has 40 heavy (non-hydrogen) atoms. The molecule has 0 saturated carbocycles. The molecule has 0 heterocycles. The van der Waals surface area contributed by atoms with Crippen molar-refractivity contribution in [3.05, 3.63) is 95.6 Å². The topological polar surface area (TPSA) is 96.0 Å². The highest BCUT2D eigenvalue weighted by Gasteiger charge is 2.33. The fourth-order valence-corrected chi connectivity index (χ4v) is 5.14. The first-order valence-corrected chi connectivity index (χ1v) is 15.2. The van der Waals surface area contributed by atoms with Crippen LogP contribution < -0.4 is 14.4 Å². The predicted octanol–water partition coefficient (Wildman–Crippen LogP) is 4.32. The largest absolute Gasteiger partial charge is 0.497 e. The van der Waals surface area contributed by atoms with Gasteiger partial charge in [0.2, 0.25) is 21.8 Å². The van der Waals surface area contributed by atoms with Crippen molar-refractivity contribution < 1.29 is 22.7 Å². The Labute approximate surface area is 238 Å². The first-order chi connectivity index (χ1) is 19.0. The molecule has 0 saturated heterocycles. The molecule has 0 spiro atoms. The molecule has 3 rings (SSSR count). The summed E-state index contributed by atoms with van der Waals surface area (Å²) in [5.74, 6) is -0.171. The van der Waals surface area contributed by atoms with Gasteiger partial charge in [0.25, 0.3) is 0 Å². The van der Waals surface area contributed by atoms with Crippen LogP contribution in [0.15, 0.2) is 78.9 Å². The quantitative estimate of drug-likeness (QED) is 0.333. The molecule has 0 aromatic heterocycles. The maximum atomic E-state index is 14.1. The molecule has 9 heteroatoms. The number of ether oxygens (including phenoxy) is 1. The number of hydrogen-bond acceptors (Lipinski definition) is 5. The Morgan fingerprint density at radius 3 is 2.20 bits per heavy atom. The van der Waals surface area contributed by atoms with Gasteiger partial charge < -0.3 is 15.0 Å². The number of carbonyl (C=O) groups is 2. The van der Waals surface area contributed by atoms with Gasteiger partial charge in [-0.2, -0.15) is 0 Å². The van der Waals surface area contributed by atoms with Crippen molar-refractivity contribution in [3.63, 3.8) is 0 Å². The van der Waals surface area contributed by atoms with Crippen LogP contribution in [-0.2, 0) is 32.6 Å². The van der Waals surface area contributed by atoms with E-state index in [1.165, 1.54) is 4.90 Å². The summed E-state index contributed by atoms with van der Waals surface area (Å²) in [4.78, 5) is 29.3. The summed E-state index contributed by atoms with van der Waals surface area (Å²) in [5.41, 5.74) is 2.98. The van der Waals surface area contributed by atoms with E-state index in [1.807, 2.05) is 63.2 Å². The number of amides is 2. The zero-order chi connectivity index (χ0) is 29.3. The normalized spacial score (nSPS) is 12.7. The van der Waals surface area contributed by atoms with Crippen LogP contribution in [0.5, 0.6) is 5.75 Å². The number of anilines is 1. The molecule has 0 aliphatic rings. The van der Waals surface area contributed by atoms with Gasteiger partial charge in [0.1, 0.15) is 18.3 Å². The first-order valence-electron chi connectivity index (χ1n) is 13.3. The molecule has 3 aromatic carbocycles. The van der Waals surface area contributed by atoms with Crippen molar-refractivity contribution in [1.82, 2.24) is 10.2 Å². The summed E-state index contributed by atoms with van der Waals surface area (Å²) in [6, 6.07) is 22.7. The van der Waals surface area contributed by atoms with Crippen LogP contribution in [-0.4, -0.2) is 57.1 Å². The highest BCUT2D eigenvalue weighted by atomic mass is 32.2. The Bertz CT molecular complexity index is 1380. The van der Waals surface area contributed by atoms with Crippen LogP contribution in [0.25, 0.3) is 0 Å². The van der Waals surface area contributed by atoms with Gasteiger partial charge in [0.05, 0.1) is 19.1 Å². The lowest BCUT2D eigenvalue weighted by atomic mass is 10.0. The Kier molecular flexibility index (Phi) is 10.7. The van der Waals surface area contributed by atoms with Crippen molar-refractivity contribution in [2.24, 2.45) is 0 Å². The summed E-state index contributed by atoms with van der Waals surface area (Å²) in [6.07, 6.45) is 2.06. The third kappa shape index (κ3) is 8.58. The lowest BCUT2D eigenvalue weighted by Gasteiger charge is -2.34. The molecule has 0 radical (unpaired) electrons. The zero-order valence-corrected chi connectivity index (χ0v) is 24.6. The van der Waals surface area contributed by atoms with E-state index in [2.05, 4.69) is 5.32 Å². The minimum Gasteiger partial charge on any atom is -0.497 e. The van der Waals surface area contributed by atoms with E-state index in [1.54, 1.807) is 43.5 Å². The SMILES string of the molecule is CCC(C)NC(=O)C(Cc1ccccc1)N(Cc1cccc(OC)c1)C(=O)CN(c1ccc(C)cc1)S(C)(=O)=O. The van der Waals surface area contributed by atoms with Crippen molar-refractivity contribution in [3.8, 4) is 5.75 Å². The van der Waals surface area contributed by atoms with E-state index in [4.69, 9.17) is 4.74 Å². The number of benzene rings is 3. The number of nitrogens with one attached hydrogen (secondary N) is 1. The van der Waals surface area contributed by atoms with E-state index < -0.39 is 28.5 Å². The molecule has 0 aliphatic carbocycles. The molecule has 2 unspecified atom stereocenters. The Balaban J connectivity index is 2.06.